The summed E-state index contributed by atoms with van der Waals surface area (Å²) in [5.74, 6) is -0.682. The first-order chi connectivity index (χ1) is 15.6. The topological polar surface area (TPSA) is 95.8 Å². The lowest BCUT2D eigenvalue weighted by Crippen LogP contribution is -2.52. The van der Waals surface area contributed by atoms with E-state index in [0.717, 1.165) is 0 Å². The number of rotatable bonds is 5. The molecule has 2 saturated heterocycles. The molecule has 0 N–H and O–H groups in total. The number of aryl methyl sites for hydroxylation is 2. The van der Waals surface area contributed by atoms with Crippen molar-refractivity contribution in [3.63, 3.8) is 0 Å². The van der Waals surface area contributed by atoms with Crippen molar-refractivity contribution in [1.29, 1.82) is 0 Å². The maximum absolute atomic E-state index is 13.3. The lowest BCUT2D eigenvalue weighted by atomic mass is 10.1. The molecule has 0 aliphatic carbocycles. The Hall–Kier alpha value is -2.43. The number of piperazine rings is 1. The summed E-state index contributed by atoms with van der Waals surface area (Å²) >= 11 is 6.04. The molecule has 1 atom stereocenters. The molecule has 3 heterocycles. The van der Waals surface area contributed by atoms with Gasteiger partial charge in [-0.25, -0.2) is 8.42 Å². The van der Waals surface area contributed by atoms with Crippen molar-refractivity contribution in [3.05, 3.63) is 40.7 Å². The Morgan fingerprint density at radius 3 is 2.48 bits per heavy atom. The highest BCUT2D eigenvalue weighted by atomic mass is 35.5. The first kappa shape index (κ1) is 23.7. The average molecular weight is 494 g/mol. The van der Waals surface area contributed by atoms with E-state index in [1.165, 1.54) is 4.31 Å². The molecule has 0 unspecified atom stereocenters. The minimum atomic E-state index is -3.70. The summed E-state index contributed by atoms with van der Waals surface area (Å²) in [6.45, 7) is 7.28. The third-order valence-electron chi connectivity index (χ3n) is 6.36. The molecule has 0 saturated carbocycles. The average Bonchev–Trinajstić information content (AvgIpc) is 3.32. The molecule has 2 amide bonds. The molecule has 4 rings (SSSR count). The summed E-state index contributed by atoms with van der Waals surface area (Å²) in [6, 6.07) is 7.01. The Balaban J connectivity index is 1.41. The molecule has 2 fully saturated rings. The third kappa shape index (κ3) is 4.39. The molecule has 11 heteroatoms. The molecule has 0 radical (unpaired) electrons. The number of amides is 2. The van der Waals surface area contributed by atoms with Crippen LogP contribution in [0.4, 0.5) is 5.69 Å². The van der Waals surface area contributed by atoms with Crippen LogP contribution < -0.4 is 4.90 Å². The largest absolute Gasteiger partial charge is 0.340 e. The van der Waals surface area contributed by atoms with Gasteiger partial charge >= 0.3 is 0 Å². The normalized spacial score (nSPS) is 20.0. The lowest BCUT2D eigenvalue weighted by molar-refractivity contribution is -0.136. The van der Waals surface area contributed by atoms with Crippen molar-refractivity contribution in [2.45, 2.75) is 38.6 Å². The summed E-state index contributed by atoms with van der Waals surface area (Å²) in [6.07, 6.45) is 0.137. The Morgan fingerprint density at radius 2 is 1.88 bits per heavy atom. The van der Waals surface area contributed by atoms with Crippen LogP contribution in [0.1, 0.15) is 24.7 Å². The van der Waals surface area contributed by atoms with Crippen LogP contribution in [0.3, 0.4) is 0 Å². The van der Waals surface area contributed by atoms with Crippen molar-refractivity contribution >= 4 is 39.1 Å². The van der Waals surface area contributed by atoms with Gasteiger partial charge in [-0.2, -0.15) is 9.40 Å². The minimum absolute atomic E-state index is 0.115. The number of anilines is 1. The zero-order valence-corrected chi connectivity index (χ0v) is 20.6. The predicted molar refractivity (Wildman–Crippen MR) is 125 cm³/mol. The fourth-order valence-electron chi connectivity index (χ4n) is 4.66. The second-order valence-corrected chi connectivity index (χ2v) is 10.7. The van der Waals surface area contributed by atoms with Crippen molar-refractivity contribution in [2.75, 3.05) is 37.6 Å². The first-order valence-electron chi connectivity index (χ1n) is 11.0. The summed E-state index contributed by atoms with van der Waals surface area (Å²) in [7, 11) is -3.70. The zero-order chi connectivity index (χ0) is 23.9. The third-order valence-corrected chi connectivity index (χ3v) is 8.74. The minimum Gasteiger partial charge on any atom is -0.340 e. The quantitative estimate of drug-likeness (QED) is 0.635. The SMILES string of the molecule is CCn1nc(C)c(S(=O)(=O)N2CCN(C(=O)[C@H]3CC(=O)N(c4cccc(Cl)c4)C3)CC2)c1C. The van der Waals surface area contributed by atoms with Gasteiger partial charge in [0.15, 0.2) is 0 Å². The van der Waals surface area contributed by atoms with Crippen LogP contribution in [0, 0.1) is 19.8 Å². The molecular weight excluding hydrogens is 466 g/mol. The maximum atomic E-state index is 13.3. The summed E-state index contributed by atoms with van der Waals surface area (Å²) in [5, 5.41) is 4.86. The second-order valence-electron chi connectivity index (χ2n) is 8.43. The number of sulfonamides is 1. The zero-order valence-electron chi connectivity index (χ0n) is 19.0. The van der Waals surface area contributed by atoms with Gasteiger partial charge in [-0.1, -0.05) is 17.7 Å². The van der Waals surface area contributed by atoms with Crippen LogP contribution in [0.25, 0.3) is 0 Å². The van der Waals surface area contributed by atoms with Crippen LogP contribution in [0.5, 0.6) is 0 Å². The van der Waals surface area contributed by atoms with Gasteiger partial charge in [0.1, 0.15) is 4.90 Å². The number of benzene rings is 1. The number of hydrogen-bond acceptors (Lipinski definition) is 5. The van der Waals surface area contributed by atoms with Gasteiger partial charge in [0.25, 0.3) is 0 Å². The molecule has 33 heavy (non-hydrogen) atoms. The predicted octanol–water partition coefficient (Wildman–Crippen LogP) is 2.06. The Morgan fingerprint density at radius 1 is 1.18 bits per heavy atom. The van der Waals surface area contributed by atoms with Crippen LogP contribution in [0.2, 0.25) is 5.02 Å². The van der Waals surface area contributed by atoms with Gasteiger partial charge in [-0.3, -0.25) is 14.3 Å². The smallest absolute Gasteiger partial charge is 0.246 e. The van der Waals surface area contributed by atoms with E-state index in [9.17, 15) is 18.0 Å². The fourth-order valence-corrected chi connectivity index (χ4v) is 6.64. The molecule has 0 bridgehead atoms. The van der Waals surface area contributed by atoms with E-state index in [4.69, 9.17) is 11.6 Å². The van der Waals surface area contributed by atoms with Crippen LogP contribution >= 0.6 is 11.6 Å². The molecule has 2 aliphatic rings. The summed E-state index contributed by atoms with van der Waals surface area (Å²) in [5.41, 5.74) is 1.79. The van der Waals surface area contributed by atoms with Crippen molar-refractivity contribution in [1.82, 2.24) is 19.0 Å². The van der Waals surface area contributed by atoms with Crippen molar-refractivity contribution < 1.29 is 18.0 Å². The highest BCUT2D eigenvalue weighted by molar-refractivity contribution is 7.89. The summed E-state index contributed by atoms with van der Waals surface area (Å²) in [4.78, 5) is 29.1. The van der Waals surface area contributed by atoms with Crippen LogP contribution in [-0.4, -0.2) is 71.9 Å². The molecule has 1 aromatic heterocycles. The molecule has 0 spiro atoms. The maximum Gasteiger partial charge on any atom is 0.246 e. The Labute approximate surface area is 198 Å². The first-order valence-corrected chi connectivity index (χ1v) is 12.8. The monoisotopic (exact) mass is 493 g/mol. The van der Waals surface area contributed by atoms with E-state index in [-0.39, 0.29) is 36.2 Å². The van der Waals surface area contributed by atoms with E-state index in [0.29, 0.717) is 48.3 Å². The van der Waals surface area contributed by atoms with Gasteiger partial charge in [0, 0.05) is 56.4 Å². The van der Waals surface area contributed by atoms with E-state index < -0.39 is 15.9 Å². The molecule has 1 aromatic carbocycles. The van der Waals surface area contributed by atoms with E-state index in [1.807, 2.05) is 6.92 Å². The highest BCUT2D eigenvalue weighted by Gasteiger charge is 2.40. The van der Waals surface area contributed by atoms with E-state index in [2.05, 4.69) is 5.10 Å². The molecule has 2 aromatic rings. The molecular formula is C22H28ClN5O4S. The van der Waals surface area contributed by atoms with Gasteiger partial charge in [-0.15, -0.1) is 0 Å². The number of nitrogens with zero attached hydrogens (tertiary/aromatic N) is 5. The molecule has 2 aliphatic heterocycles. The Kier molecular flexibility index (Phi) is 6.52. The van der Waals surface area contributed by atoms with Gasteiger partial charge < -0.3 is 9.80 Å². The van der Waals surface area contributed by atoms with Crippen molar-refractivity contribution in [2.24, 2.45) is 5.92 Å². The Bertz CT molecular complexity index is 1190. The van der Waals surface area contributed by atoms with E-state index in [1.54, 1.807) is 52.6 Å². The lowest BCUT2D eigenvalue weighted by Gasteiger charge is -2.35. The van der Waals surface area contributed by atoms with Gasteiger partial charge in [0.2, 0.25) is 21.8 Å². The van der Waals surface area contributed by atoms with E-state index >= 15 is 0 Å². The molecule has 9 nitrogen and oxygen atoms in total. The number of carbonyl (C=O) groups is 2. The standard InChI is InChI=1S/C22H28ClN5O4S/c1-4-28-16(3)21(15(2)24-28)33(31,32)26-10-8-25(9-11-26)22(30)17-12-20(29)27(14-17)19-7-5-6-18(23)13-19/h5-7,13,17H,4,8-12,14H2,1-3H3/t17-/m0/s1. The van der Waals surface area contributed by atoms with Gasteiger partial charge in [-0.05, 0) is 39.0 Å². The van der Waals surface area contributed by atoms with Crippen molar-refractivity contribution in [3.8, 4) is 0 Å². The highest BCUT2D eigenvalue weighted by Crippen LogP contribution is 2.29. The van der Waals surface area contributed by atoms with Crippen LogP contribution in [0.15, 0.2) is 29.2 Å². The second kappa shape index (κ2) is 9.08. The summed E-state index contributed by atoms with van der Waals surface area (Å²) < 4.78 is 29.6. The number of aromatic nitrogens is 2. The fraction of sp³-hybridized carbons (Fsp3) is 0.500. The van der Waals surface area contributed by atoms with Crippen LogP contribution in [-0.2, 0) is 26.2 Å². The molecule has 178 valence electrons. The number of halogens is 1. The number of carbonyl (C=O) groups excluding carboxylic acids is 2. The number of hydrogen-bond donors (Lipinski definition) is 0. The van der Waals surface area contributed by atoms with Gasteiger partial charge in [0.05, 0.1) is 17.3 Å².